The van der Waals surface area contributed by atoms with Crippen molar-refractivity contribution >= 4 is 28.8 Å². The Morgan fingerprint density at radius 1 is 1.40 bits per heavy atom. The van der Waals surface area contributed by atoms with Crippen LogP contribution in [-0.4, -0.2) is 18.1 Å². The van der Waals surface area contributed by atoms with E-state index < -0.39 is 0 Å². The Bertz CT molecular complexity index is 293. The minimum Gasteiger partial charge on any atom is -0.398 e. The van der Waals surface area contributed by atoms with Gasteiger partial charge in [0.1, 0.15) is 0 Å². The summed E-state index contributed by atoms with van der Waals surface area (Å²) in [5.41, 5.74) is 6.76. The van der Waals surface area contributed by atoms with Crippen LogP contribution >= 0.6 is 23.1 Å². The number of thioether (sulfide) groups is 1. The molecule has 0 aliphatic carbocycles. The van der Waals surface area contributed by atoms with Crippen LogP contribution in [0.25, 0.3) is 0 Å². The lowest BCUT2D eigenvalue weighted by Gasteiger charge is -2.21. The van der Waals surface area contributed by atoms with Gasteiger partial charge in [-0.1, -0.05) is 0 Å². The molecule has 0 saturated carbocycles. The normalized spacial score (nSPS) is 18.1. The fraction of sp³-hybridized carbons (Fsp3) is 0.636. The van der Waals surface area contributed by atoms with Gasteiger partial charge >= 0.3 is 0 Å². The van der Waals surface area contributed by atoms with Crippen LogP contribution < -0.4 is 11.1 Å². The highest BCUT2D eigenvalue weighted by molar-refractivity contribution is 7.99. The first-order valence-electron chi connectivity index (χ1n) is 5.46. The second-order valence-corrected chi connectivity index (χ2v) is 6.21. The highest BCUT2D eigenvalue weighted by Crippen LogP contribution is 2.22. The highest BCUT2D eigenvalue weighted by Gasteiger charge is 2.13. The Morgan fingerprint density at radius 3 is 2.87 bits per heavy atom. The van der Waals surface area contributed by atoms with Gasteiger partial charge in [0, 0.05) is 17.1 Å². The Labute approximate surface area is 99.6 Å². The van der Waals surface area contributed by atoms with E-state index in [9.17, 15) is 0 Å². The summed E-state index contributed by atoms with van der Waals surface area (Å²) in [6.45, 7) is 2.09. The molecule has 0 aromatic carbocycles. The summed E-state index contributed by atoms with van der Waals surface area (Å²) >= 11 is 3.83. The molecule has 2 heterocycles. The molecule has 1 aromatic rings. The summed E-state index contributed by atoms with van der Waals surface area (Å²) in [4.78, 5) is 1.28. The van der Waals surface area contributed by atoms with Crippen molar-refractivity contribution in [2.75, 3.05) is 23.8 Å². The van der Waals surface area contributed by atoms with Crippen LogP contribution in [0.2, 0.25) is 0 Å². The van der Waals surface area contributed by atoms with E-state index in [0.29, 0.717) is 0 Å². The van der Waals surface area contributed by atoms with E-state index in [1.807, 2.05) is 6.07 Å². The molecule has 0 unspecified atom stereocenters. The van der Waals surface area contributed by atoms with Crippen LogP contribution in [0.4, 0.5) is 5.69 Å². The molecule has 4 heteroatoms. The van der Waals surface area contributed by atoms with Crippen molar-refractivity contribution in [1.29, 1.82) is 0 Å². The molecule has 2 nitrogen and oxygen atoms in total. The number of hydrogen-bond donors (Lipinski definition) is 2. The number of thiophene rings is 1. The van der Waals surface area contributed by atoms with Crippen LogP contribution in [0, 0.1) is 5.92 Å². The lowest BCUT2D eigenvalue weighted by atomic mass is 10.0. The zero-order valence-corrected chi connectivity index (χ0v) is 10.5. The van der Waals surface area contributed by atoms with E-state index in [2.05, 4.69) is 22.5 Å². The van der Waals surface area contributed by atoms with E-state index in [1.165, 1.54) is 29.2 Å². The first-order chi connectivity index (χ1) is 7.36. The van der Waals surface area contributed by atoms with Crippen molar-refractivity contribution in [3.63, 3.8) is 0 Å². The third kappa shape index (κ3) is 3.40. The molecule has 0 radical (unpaired) electrons. The zero-order valence-electron chi connectivity index (χ0n) is 8.87. The minimum absolute atomic E-state index is 0.882. The van der Waals surface area contributed by atoms with Crippen molar-refractivity contribution in [2.45, 2.75) is 19.4 Å². The largest absolute Gasteiger partial charge is 0.398 e. The maximum Gasteiger partial charge on any atom is 0.0468 e. The molecule has 2 rings (SSSR count). The third-order valence-electron chi connectivity index (χ3n) is 2.84. The smallest absolute Gasteiger partial charge is 0.0468 e. The van der Waals surface area contributed by atoms with Crippen molar-refractivity contribution in [3.8, 4) is 0 Å². The van der Waals surface area contributed by atoms with Crippen LogP contribution in [0.1, 0.15) is 17.7 Å². The SMILES string of the molecule is Nc1ccsc1CNCC1CCSCC1. The molecule has 0 bridgehead atoms. The number of nitrogen functional groups attached to an aromatic ring is 1. The number of hydrogen-bond acceptors (Lipinski definition) is 4. The molecular weight excluding hydrogens is 224 g/mol. The van der Waals surface area contributed by atoms with Gasteiger partial charge in [-0.3, -0.25) is 0 Å². The van der Waals surface area contributed by atoms with Crippen molar-refractivity contribution in [1.82, 2.24) is 5.32 Å². The Morgan fingerprint density at radius 2 is 2.20 bits per heavy atom. The van der Waals surface area contributed by atoms with E-state index in [4.69, 9.17) is 5.73 Å². The lowest BCUT2D eigenvalue weighted by Crippen LogP contribution is -2.25. The average Bonchev–Trinajstić information content (AvgIpc) is 2.66. The molecule has 1 aliphatic heterocycles. The molecule has 3 N–H and O–H groups in total. The molecule has 15 heavy (non-hydrogen) atoms. The summed E-state index contributed by atoms with van der Waals surface area (Å²) in [5.74, 6) is 3.56. The van der Waals surface area contributed by atoms with Crippen LogP contribution in [0.5, 0.6) is 0 Å². The van der Waals surface area contributed by atoms with Gasteiger partial charge in [-0.2, -0.15) is 11.8 Å². The van der Waals surface area contributed by atoms with E-state index in [1.54, 1.807) is 11.3 Å². The molecule has 0 atom stereocenters. The number of anilines is 1. The van der Waals surface area contributed by atoms with Crippen LogP contribution in [0.3, 0.4) is 0 Å². The van der Waals surface area contributed by atoms with Gasteiger partial charge in [0.25, 0.3) is 0 Å². The highest BCUT2D eigenvalue weighted by atomic mass is 32.2. The number of rotatable bonds is 4. The first-order valence-corrected chi connectivity index (χ1v) is 7.50. The van der Waals surface area contributed by atoms with Gasteiger partial charge in [0.15, 0.2) is 0 Å². The van der Waals surface area contributed by atoms with Crippen molar-refractivity contribution in [2.24, 2.45) is 5.92 Å². The van der Waals surface area contributed by atoms with E-state index in [0.717, 1.165) is 24.7 Å². The van der Waals surface area contributed by atoms with Gasteiger partial charge in [-0.25, -0.2) is 0 Å². The second kappa shape index (κ2) is 5.77. The minimum atomic E-state index is 0.882. The summed E-state index contributed by atoms with van der Waals surface area (Å²) in [5, 5.41) is 5.58. The standard InChI is InChI=1S/C11H18N2S2/c12-10-3-6-15-11(10)8-13-7-9-1-4-14-5-2-9/h3,6,9,13H,1-2,4-5,7-8,12H2. The Balaban J connectivity index is 1.68. The molecule has 84 valence electrons. The first kappa shape index (κ1) is 11.3. The monoisotopic (exact) mass is 242 g/mol. The van der Waals surface area contributed by atoms with Gasteiger partial charge in [-0.05, 0) is 48.3 Å². The zero-order chi connectivity index (χ0) is 10.5. The van der Waals surface area contributed by atoms with Gasteiger partial charge in [0.05, 0.1) is 0 Å². The Kier molecular flexibility index (Phi) is 4.35. The van der Waals surface area contributed by atoms with Gasteiger partial charge < -0.3 is 11.1 Å². The summed E-state index contributed by atoms with van der Waals surface area (Å²) < 4.78 is 0. The van der Waals surface area contributed by atoms with E-state index in [-0.39, 0.29) is 0 Å². The van der Waals surface area contributed by atoms with Gasteiger partial charge in [0.2, 0.25) is 0 Å². The van der Waals surface area contributed by atoms with Crippen LogP contribution in [0.15, 0.2) is 11.4 Å². The quantitative estimate of drug-likeness (QED) is 0.852. The summed E-state index contributed by atoms with van der Waals surface area (Å²) in [7, 11) is 0. The van der Waals surface area contributed by atoms with Crippen LogP contribution in [-0.2, 0) is 6.54 Å². The fourth-order valence-electron chi connectivity index (χ4n) is 1.83. The third-order valence-corrected chi connectivity index (χ3v) is 4.82. The second-order valence-electron chi connectivity index (χ2n) is 3.99. The van der Waals surface area contributed by atoms with Crippen molar-refractivity contribution in [3.05, 3.63) is 16.3 Å². The molecular formula is C11H18N2S2. The summed E-state index contributed by atoms with van der Waals surface area (Å²) in [6, 6.07) is 1.99. The molecule has 0 amide bonds. The maximum atomic E-state index is 5.83. The fourth-order valence-corrected chi connectivity index (χ4v) is 3.81. The lowest BCUT2D eigenvalue weighted by molar-refractivity contribution is 0.449. The Hall–Kier alpha value is -0.190. The van der Waals surface area contributed by atoms with E-state index >= 15 is 0 Å². The molecule has 1 saturated heterocycles. The number of nitrogens with one attached hydrogen (secondary N) is 1. The predicted molar refractivity (Wildman–Crippen MR) is 70.5 cm³/mol. The van der Waals surface area contributed by atoms with Crippen molar-refractivity contribution < 1.29 is 0 Å². The maximum absolute atomic E-state index is 5.83. The number of nitrogens with two attached hydrogens (primary N) is 1. The molecule has 1 aliphatic rings. The topological polar surface area (TPSA) is 38.0 Å². The predicted octanol–water partition coefficient (Wildman–Crippen LogP) is 2.56. The van der Waals surface area contributed by atoms with Gasteiger partial charge in [-0.15, -0.1) is 11.3 Å². The average molecular weight is 242 g/mol. The summed E-state index contributed by atoms with van der Waals surface area (Å²) in [6.07, 6.45) is 2.75. The molecule has 0 spiro atoms. The molecule has 1 aromatic heterocycles. The molecule has 1 fully saturated rings.